The summed E-state index contributed by atoms with van der Waals surface area (Å²) in [5.41, 5.74) is 5.13. The molecular formula is C22H30N2O. The highest BCUT2D eigenvalue weighted by Gasteiger charge is 2.18. The molecule has 0 radical (unpaired) electrons. The Balaban J connectivity index is 1.58. The van der Waals surface area contributed by atoms with E-state index < -0.39 is 0 Å². The van der Waals surface area contributed by atoms with Gasteiger partial charge in [0.25, 0.3) is 0 Å². The summed E-state index contributed by atoms with van der Waals surface area (Å²) in [5, 5.41) is 12.9. The maximum absolute atomic E-state index is 9.27. The number of hydrogen-bond donors (Lipinski definition) is 2. The van der Waals surface area contributed by atoms with Crippen LogP contribution in [0.4, 0.5) is 5.69 Å². The van der Waals surface area contributed by atoms with Crippen LogP contribution < -0.4 is 5.32 Å². The van der Waals surface area contributed by atoms with Gasteiger partial charge in [-0.15, -0.1) is 0 Å². The first-order valence-electron chi connectivity index (χ1n) is 9.39. The molecule has 1 unspecified atom stereocenters. The molecule has 0 saturated carbocycles. The number of likely N-dealkylation sites (tertiary alicyclic amines) is 1. The van der Waals surface area contributed by atoms with E-state index in [0.29, 0.717) is 12.5 Å². The van der Waals surface area contributed by atoms with Gasteiger partial charge in [-0.05, 0) is 69.0 Å². The van der Waals surface area contributed by atoms with Crippen molar-refractivity contribution in [1.82, 2.24) is 4.90 Å². The Morgan fingerprint density at radius 1 is 1.12 bits per heavy atom. The summed E-state index contributed by atoms with van der Waals surface area (Å²) in [7, 11) is 0. The van der Waals surface area contributed by atoms with E-state index >= 15 is 0 Å². The lowest BCUT2D eigenvalue weighted by atomic mass is 9.97. The first-order valence-corrected chi connectivity index (χ1v) is 9.39. The molecule has 3 rings (SSSR count). The summed E-state index contributed by atoms with van der Waals surface area (Å²) in [6.45, 7) is 7.83. The molecule has 3 nitrogen and oxygen atoms in total. The normalized spacial score (nSPS) is 17.4. The Labute approximate surface area is 151 Å². The van der Waals surface area contributed by atoms with Gasteiger partial charge in [0.15, 0.2) is 0 Å². The van der Waals surface area contributed by atoms with Crippen LogP contribution in [0.15, 0.2) is 48.5 Å². The fourth-order valence-corrected chi connectivity index (χ4v) is 3.53. The summed E-state index contributed by atoms with van der Waals surface area (Å²) < 4.78 is 0. The lowest BCUT2D eigenvalue weighted by Gasteiger charge is -2.31. The van der Waals surface area contributed by atoms with Gasteiger partial charge in [0.05, 0.1) is 0 Å². The van der Waals surface area contributed by atoms with Crippen LogP contribution in [0.2, 0.25) is 0 Å². The van der Waals surface area contributed by atoms with E-state index in [1.54, 1.807) is 0 Å². The molecule has 2 N–H and O–H groups in total. The number of nitrogens with one attached hydrogen (secondary N) is 1. The first kappa shape index (κ1) is 18.0. The topological polar surface area (TPSA) is 35.5 Å². The number of hydrogen-bond acceptors (Lipinski definition) is 3. The predicted octanol–water partition coefficient (Wildman–Crippen LogP) is 4.37. The highest BCUT2D eigenvalue weighted by Crippen LogP contribution is 2.22. The molecule has 2 aromatic carbocycles. The second kappa shape index (κ2) is 8.50. The smallest absolute Gasteiger partial charge is 0.0485 e. The van der Waals surface area contributed by atoms with Crippen molar-refractivity contribution < 1.29 is 5.11 Å². The quantitative estimate of drug-likeness (QED) is 0.821. The van der Waals surface area contributed by atoms with E-state index in [2.05, 4.69) is 72.6 Å². The maximum Gasteiger partial charge on any atom is 0.0485 e. The molecule has 134 valence electrons. The second-order valence-corrected chi connectivity index (χ2v) is 7.38. The number of aryl methyl sites for hydroxylation is 1. The standard InChI is InChI=1S/C22H30N2O/c1-17-6-8-21(9-7-17)18(2)23-22-5-3-4-20(14-22)15-24-12-10-19(16-25)11-13-24/h3-9,14,18-19,23,25H,10-13,15-16H2,1-2H3. The fourth-order valence-electron chi connectivity index (χ4n) is 3.53. The average Bonchev–Trinajstić information content (AvgIpc) is 2.63. The summed E-state index contributed by atoms with van der Waals surface area (Å²) in [6.07, 6.45) is 2.22. The van der Waals surface area contributed by atoms with Crippen LogP contribution in [0.1, 0.15) is 42.5 Å². The van der Waals surface area contributed by atoms with Crippen molar-refractivity contribution in [3.05, 3.63) is 65.2 Å². The Morgan fingerprint density at radius 2 is 1.84 bits per heavy atom. The molecule has 1 aliphatic rings. The van der Waals surface area contributed by atoms with Crippen LogP contribution >= 0.6 is 0 Å². The molecule has 2 aromatic rings. The Kier molecular flexibility index (Phi) is 6.11. The summed E-state index contributed by atoms with van der Waals surface area (Å²) in [5.74, 6) is 0.500. The molecule has 0 amide bonds. The SMILES string of the molecule is Cc1ccc(C(C)Nc2cccc(CN3CCC(CO)CC3)c2)cc1. The molecule has 1 saturated heterocycles. The minimum atomic E-state index is 0.288. The Hall–Kier alpha value is -1.84. The van der Waals surface area contributed by atoms with E-state index in [1.165, 1.54) is 22.4 Å². The maximum atomic E-state index is 9.27. The average molecular weight is 338 g/mol. The second-order valence-electron chi connectivity index (χ2n) is 7.38. The molecule has 1 heterocycles. The van der Waals surface area contributed by atoms with Crippen LogP contribution in [-0.4, -0.2) is 29.7 Å². The van der Waals surface area contributed by atoms with Gasteiger partial charge in [-0.3, -0.25) is 4.90 Å². The number of nitrogens with zero attached hydrogens (tertiary/aromatic N) is 1. The van der Waals surface area contributed by atoms with Gasteiger partial charge in [0.1, 0.15) is 0 Å². The van der Waals surface area contributed by atoms with Gasteiger partial charge in [-0.1, -0.05) is 42.0 Å². The summed E-state index contributed by atoms with van der Waals surface area (Å²) in [6, 6.07) is 17.8. The summed E-state index contributed by atoms with van der Waals surface area (Å²) >= 11 is 0. The molecule has 0 aliphatic carbocycles. The van der Waals surface area contributed by atoms with Crippen LogP contribution in [0.25, 0.3) is 0 Å². The van der Waals surface area contributed by atoms with Crippen molar-refractivity contribution in [3.8, 4) is 0 Å². The number of piperidine rings is 1. The number of anilines is 1. The Bertz CT molecular complexity index is 660. The minimum absolute atomic E-state index is 0.288. The lowest BCUT2D eigenvalue weighted by Crippen LogP contribution is -2.34. The summed E-state index contributed by atoms with van der Waals surface area (Å²) in [4.78, 5) is 2.49. The predicted molar refractivity (Wildman–Crippen MR) is 105 cm³/mol. The van der Waals surface area contributed by atoms with Gasteiger partial charge in [-0.25, -0.2) is 0 Å². The van der Waals surface area contributed by atoms with Crippen molar-refractivity contribution in [3.63, 3.8) is 0 Å². The molecule has 1 fully saturated rings. The van der Waals surface area contributed by atoms with Crippen molar-refractivity contribution in [2.45, 2.75) is 39.3 Å². The Morgan fingerprint density at radius 3 is 2.52 bits per heavy atom. The zero-order valence-corrected chi connectivity index (χ0v) is 15.4. The molecule has 1 atom stereocenters. The van der Waals surface area contributed by atoms with Gasteiger partial charge in [0, 0.05) is 24.9 Å². The third-order valence-electron chi connectivity index (χ3n) is 5.26. The van der Waals surface area contributed by atoms with E-state index in [0.717, 1.165) is 32.5 Å². The zero-order valence-electron chi connectivity index (χ0n) is 15.4. The third-order valence-corrected chi connectivity index (χ3v) is 5.26. The van der Waals surface area contributed by atoms with Gasteiger partial charge < -0.3 is 10.4 Å². The molecule has 25 heavy (non-hydrogen) atoms. The van der Waals surface area contributed by atoms with Crippen molar-refractivity contribution in [2.75, 3.05) is 25.0 Å². The van der Waals surface area contributed by atoms with Crippen molar-refractivity contribution in [2.24, 2.45) is 5.92 Å². The molecule has 0 bridgehead atoms. The van der Waals surface area contributed by atoms with E-state index in [4.69, 9.17) is 0 Å². The minimum Gasteiger partial charge on any atom is -0.396 e. The molecule has 0 aromatic heterocycles. The van der Waals surface area contributed by atoms with E-state index in [1.807, 2.05) is 0 Å². The molecule has 3 heteroatoms. The third kappa shape index (κ3) is 5.07. The fraction of sp³-hybridized carbons (Fsp3) is 0.455. The highest BCUT2D eigenvalue weighted by molar-refractivity contribution is 5.47. The first-order chi connectivity index (χ1) is 12.1. The number of rotatable bonds is 6. The monoisotopic (exact) mass is 338 g/mol. The van der Waals surface area contributed by atoms with Crippen LogP contribution in [0.5, 0.6) is 0 Å². The van der Waals surface area contributed by atoms with Crippen LogP contribution in [-0.2, 0) is 6.54 Å². The zero-order chi connectivity index (χ0) is 17.6. The number of aliphatic hydroxyl groups is 1. The van der Waals surface area contributed by atoms with Crippen molar-refractivity contribution >= 4 is 5.69 Å². The van der Waals surface area contributed by atoms with E-state index in [-0.39, 0.29) is 6.04 Å². The van der Waals surface area contributed by atoms with Gasteiger partial charge in [0.2, 0.25) is 0 Å². The number of benzene rings is 2. The van der Waals surface area contributed by atoms with Crippen LogP contribution in [0, 0.1) is 12.8 Å². The van der Waals surface area contributed by atoms with Crippen molar-refractivity contribution in [1.29, 1.82) is 0 Å². The van der Waals surface area contributed by atoms with Gasteiger partial charge in [-0.2, -0.15) is 0 Å². The molecule has 0 spiro atoms. The van der Waals surface area contributed by atoms with Gasteiger partial charge >= 0.3 is 0 Å². The van der Waals surface area contributed by atoms with Crippen LogP contribution in [0.3, 0.4) is 0 Å². The van der Waals surface area contributed by atoms with E-state index in [9.17, 15) is 5.11 Å². The molecular weight excluding hydrogens is 308 g/mol. The highest BCUT2D eigenvalue weighted by atomic mass is 16.3. The lowest BCUT2D eigenvalue weighted by molar-refractivity contribution is 0.127. The largest absolute Gasteiger partial charge is 0.396 e. The number of aliphatic hydroxyl groups excluding tert-OH is 1. The molecule has 1 aliphatic heterocycles.